The van der Waals surface area contributed by atoms with Gasteiger partial charge >= 0.3 is 0 Å². The van der Waals surface area contributed by atoms with Gasteiger partial charge in [0.1, 0.15) is 0 Å². The van der Waals surface area contributed by atoms with E-state index in [1.807, 2.05) is 0 Å². The van der Waals surface area contributed by atoms with Crippen molar-refractivity contribution in [3.63, 3.8) is 0 Å². The van der Waals surface area contributed by atoms with Crippen LogP contribution in [0.15, 0.2) is 0 Å². The lowest BCUT2D eigenvalue weighted by Gasteiger charge is -2.43. The highest BCUT2D eigenvalue weighted by molar-refractivity contribution is 5.00. The molecule has 1 N–H and O–H groups in total. The first-order valence-corrected chi connectivity index (χ1v) is 5.03. The maximum Gasteiger partial charge on any atom is 0.0621 e. The fourth-order valence-electron chi connectivity index (χ4n) is 3.20. The Morgan fingerprint density at radius 2 is 1.50 bits per heavy atom. The summed E-state index contributed by atoms with van der Waals surface area (Å²) >= 11 is 0. The minimum atomic E-state index is -0.0706. The standard InChI is InChI=1S/C10H19NO/c1-6-8-4-5-9(11(8)3)7(2)10(6)12/h6-10,12H,4-5H2,1-3H3/t6?,7?,8-,9+,10-. The van der Waals surface area contributed by atoms with Gasteiger partial charge in [-0.1, -0.05) is 13.8 Å². The molecule has 2 aliphatic heterocycles. The van der Waals surface area contributed by atoms with Gasteiger partial charge in [0.2, 0.25) is 0 Å². The molecule has 0 saturated carbocycles. The number of nitrogens with zero attached hydrogens (tertiary/aromatic N) is 1. The highest BCUT2D eigenvalue weighted by Gasteiger charge is 2.46. The van der Waals surface area contributed by atoms with E-state index in [0.29, 0.717) is 23.9 Å². The number of piperidine rings is 1. The summed E-state index contributed by atoms with van der Waals surface area (Å²) in [7, 11) is 2.21. The minimum Gasteiger partial charge on any atom is -0.392 e. The Bertz CT molecular complexity index is 165. The van der Waals surface area contributed by atoms with E-state index < -0.39 is 0 Å². The molecule has 2 bridgehead atoms. The maximum atomic E-state index is 9.92. The van der Waals surface area contributed by atoms with Crippen LogP contribution in [-0.4, -0.2) is 35.2 Å². The van der Waals surface area contributed by atoms with Crippen LogP contribution in [0.1, 0.15) is 26.7 Å². The number of fused-ring (bicyclic) bond motifs is 2. The van der Waals surface area contributed by atoms with Crippen molar-refractivity contribution in [3.05, 3.63) is 0 Å². The lowest BCUT2D eigenvalue weighted by Crippen LogP contribution is -2.52. The molecule has 2 saturated heterocycles. The van der Waals surface area contributed by atoms with E-state index in [1.54, 1.807) is 0 Å². The van der Waals surface area contributed by atoms with Crippen LogP contribution >= 0.6 is 0 Å². The van der Waals surface area contributed by atoms with Gasteiger partial charge in [-0.25, -0.2) is 0 Å². The predicted octanol–water partition coefficient (Wildman–Crippen LogP) is 1.10. The molecular weight excluding hydrogens is 150 g/mol. The number of hydrogen-bond donors (Lipinski definition) is 1. The molecule has 0 aromatic rings. The second-order valence-electron chi connectivity index (χ2n) is 4.59. The zero-order valence-electron chi connectivity index (χ0n) is 8.20. The van der Waals surface area contributed by atoms with Crippen molar-refractivity contribution in [1.82, 2.24) is 4.90 Å². The Morgan fingerprint density at radius 1 is 1.08 bits per heavy atom. The largest absolute Gasteiger partial charge is 0.392 e. The molecule has 0 aromatic carbocycles. The monoisotopic (exact) mass is 169 g/mol. The molecule has 2 unspecified atom stereocenters. The zero-order chi connectivity index (χ0) is 8.88. The van der Waals surface area contributed by atoms with E-state index in [1.165, 1.54) is 12.8 Å². The predicted molar refractivity (Wildman–Crippen MR) is 48.9 cm³/mol. The summed E-state index contributed by atoms with van der Waals surface area (Å²) in [5.74, 6) is 0.924. The van der Waals surface area contributed by atoms with Crippen LogP contribution in [0.2, 0.25) is 0 Å². The molecule has 0 amide bonds. The molecule has 0 aromatic heterocycles. The topological polar surface area (TPSA) is 23.5 Å². The Morgan fingerprint density at radius 3 is 1.92 bits per heavy atom. The summed E-state index contributed by atoms with van der Waals surface area (Å²) in [5.41, 5.74) is 0. The van der Waals surface area contributed by atoms with Crippen LogP contribution in [-0.2, 0) is 0 Å². The van der Waals surface area contributed by atoms with E-state index in [0.717, 1.165) is 0 Å². The maximum absolute atomic E-state index is 9.92. The van der Waals surface area contributed by atoms with Crippen molar-refractivity contribution in [3.8, 4) is 0 Å². The van der Waals surface area contributed by atoms with Crippen LogP contribution in [0.4, 0.5) is 0 Å². The van der Waals surface area contributed by atoms with Crippen molar-refractivity contribution in [1.29, 1.82) is 0 Å². The van der Waals surface area contributed by atoms with E-state index in [2.05, 4.69) is 25.8 Å². The Kier molecular flexibility index (Phi) is 1.92. The molecule has 2 heteroatoms. The molecule has 0 radical (unpaired) electrons. The molecule has 5 atom stereocenters. The van der Waals surface area contributed by atoms with Gasteiger partial charge in [0.25, 0.3) is 0 Å². The summed E-state index contributed by atoms with van der Waals surface area (Å²) in [4.78, 5) is 2.47. The second-order valence-corrected chi connectivity index (χ2v) is 4.59. The molecule has 70 valence electrons. The number of rotatable bonds is 0. The molecule has 2 rings (SSSR count). The van der Waals surface area contributed by atoms with Crippen LogP contribution in [0.3, 0.4) is 0 Å². The number of hydrogen-bond acceptors (Lipinski definition) is 2. The number of aliphatic hydroxyl groups excluding tert-OH is 1. The summed E-state index contributed by atoms with van der Waals surface area (Å²) in [6, 6.07) is 1.28. The average Bonchev–Trinajstić information content (AvgIpc) is 2.38. The highest BCUT2D eigenvalue weighted by Crippen LogP contribution is 2.40. The van der Waals surface area contributed by atoms with Crippen LogP contribution < -0.4 is 0 Å². The summed E-state index contributed by atoms with van der Waals surface area (Å²) in [5, 5.41) is 9.92. The Balaban J connectivity index is 2.23. The molecule has 2 fully saturated rings. The second kappa shape index (κ2) is 2.71. The van der Waals surface area contributed by atoms with Gasteiger partial charge in [-0.05, 0) is 31.7 Å². The lowest BCUT2D eigenvalue weighted by molar-refractivity contribution is -0.0415. The van der Waals surface area contributed by atoms with Crippen LogP contribution in [0.5, 0.6) is 0 Å². The first-order valence-electron chi connectivity index (χ1n) is 5.03. The Hall–Kier alpha value is -0.0800. The summed E-state index contributed by atoms with van der Waals surface area (Å²) in [6.07, 6.45) is 2.49. The minimum absolute atomic E-state index is 0.0706. The van der Waals surface area contributed by atoms with E-state index in [-0.39, 0.29) is 6.10 Å². The van der Waals surface area contributed by atoms with Gasteiger partial charge in [0, 0.05) is 12.1 Å². The SMILES string of the molecule is CC1[C@@H](O)C(C)[C@@H]2CC[C@H]1N2C. The lowest BCUT2D eigenvalue weighted by atomic mass is 9.82. The third kappa shape index (κ3) is 0.944. The zero-order valence-corrected chi connectivity index (χ0v) is 8.20. The van der Waals surface area contributed by atoms with Crippen LogP contribution in [0.25, 0.3) is 0 Å². The summed E-state index contributed by atoms with van der Waals surface area (Å²) in [6.45, 7) is 4.37. The molecule has 0 aliphatic carbocycles. The van der Waals surface area contributed by atoms with Gasteiger partial charge in [-0.2, -0.15) is 0 Å². The molecule has 12 heavy (non-hydrogen) atoms. The first kappa shape index (κ1) is 8.52. The average molecular weight is 169 g/mol. The van der Waals surface area contributed by atoms with Crippen molar-refractivity contribution in [2.75, 3.05) is 7.05 Å². The quantitative estimate of drug-likeness (QED) is 0.587. The number of aliphatic hydroxyl groups is 1. The third-order valence-corrected chi connectivity index (χ3v) is 4.10. The third-order valence-electron chi connectivity index (χ3n) is 4.10. The van der Waals surface area contributed by atoms with E-state index in [4.69, 9.17) is 0 Å². The molecule has 2 aliphatic rings. The fraction of sp³-hybridized carbons (Fsp3) is 1.00. The van der Waals surface area contributed by atoms with E-state index >= 15 is 0 Å². The molecule has 2 nitrogen and oxygen atoms in total. The highest BCUT2D eigenvalue weighted by atomic mass is 16.3. The van der Waals surface area contributed by atoms with Crippen LogP contribution in [0, 0.1) is 11.8 Å². The van der Waals surface area contributed by atoms with Crippen molar-refractivity contribution in [2.45, 2.75) is 44.9 Å². The van der Waals surface area contributed by atoms with Crippen molar-refractivity contribution < 1.29 is 5.11 Å². The fourth-order valence-corrected chi connectivity index (χ4v) is 3.20. The van der Waals surface area contributed by atoms with Crippen molar-refractivity contribution >= 4 is 0 Å². The Labute approximate surface area is 74.6 Å². The van der Waals surface area contributed by atoms with Gasteiger partial charge < -0.3 is 5.11 Å². The smallest absolute Gasteiger partial charge is 0.0621 e. The molecule has 0 spiro atoms. The molecule has 2 heterocycles. The van der Waals surface area contributed by atoms with Gasteiger partial charge in [-0.3, -0.25) is 4.90 Å². The van der Waals surface area contributed by atoms with Gasteiger partial charge in [0.15, 0.2) is 0 Å². The van der Waals surface area contributed by atoms with Crippen molar-refractivity contribution in [2.24, 2.45) is 11.8 Å². The molecular formula is C10H19NO. The van der Waals surface area contributed by atoms with E-state index in [9.17, 15) is 5.11 Å². The van der Waals surface area contributed by atoms with Gasteiger partial charge in [-0.15, -0.1) is 0 Å². The normalized spacial score (nSPS) is 54.5. The first-order chi connectivity index (χ1) is 5.63. The van der Waals surface area contributed by atoms with Gasteiger partial charge in [0.05, 0.1) is 6.10 Å². The summed E-state index contributed by atoms with van der Waals surface area (Å²) < 4.78 is 0.